The summed E-state index contributed by atoms with van der Waals surface area (Å²) in [5.74, 6) is 1.31. The lowest BCUT2D eigenvalue weighted by atomic mass is 10.1. The molecule has 0 radical (unpaired) electrons. The number of aryl methyl sites for hydroxylation is 1. The number of benzene rings is 1. The number of hydrogen-bond donors (Lipinski definition) is 1. The summed E-state index contributed by atoms with van der Waals surface area (Å²) in [5.41, 5.74) is 2.93. The number of aromatic amines is 1. The van der Waals surface area contributed by atoms with Gasteiger partial charge in [0.25, 0.3) is 5.56 Å². The lowest BCUT2D eigenvalue weighted by Gasteiger charge is -2.03. The van der Waals surface area contributed by atoms with E-state index in [9.17, 15) is 4.79 Å². The molecule has 0 amide bonds. The van der Waals surface area contributed by atoms with Crippen molar-refractivity contribution in [2.24, 2.45) is 0 Å². The fraction of sp³-hybridized carbons (Fsp3) is 0.286. The van der Waals surface area contributed by atoms with E-state index in [2.05, 4.69) is 9.97 Å². The van der Waals surface area contributed by atoms with E-state index in [4.69, 9.17) is 0 Å². The van der Waals surface area contributed by atoms with Gasteiger partial charge in [-0.1, -0.05) is 29.8 Å². The second kappa shape index (κ2) is 3.84. The van der Waals surface area contributed by atoms with Gasteiger partial charge in [0.1, 0.15) is 5.82 Å². The van der Waals surface area contributed by atoms with E-state index in [1.54, 1.807) is 6.07 Å². The maximum Gasteiger partial charge on any atom is 0.251 e. The third kappa shape index (κ3) is 2.13. The molecule has 0 atom stereocenters. The summed E-state index contributed by atoms with van der Waals surface area (Å²) in [6, 6.07) is 9.65. The molecule has 1 aliphatic rings. The van der Waals surface area contributed by atoms with Crippen LogP contribution in [-0.4, -0.2) is 9.97 Å². The van der Waals surface area contributed by atoms with Crippen LogP contribution in [0.3, 0.4) is 0 Å². The molecule has 1 saturated carbocycles. The standard InChI is InChI=1S/C14H14N2O/c1-9-2-4-10(5-3-9)12-8-13(17)16-14(15-12)11-6-7-11/h2-5,8,11H,6-7H2,1H3,(H,15,16,17). The van der Waals surface area contributed by atoms with E-state index in [0.717, 1.165) is 29.9 Å². The molecular weight excluding hydrogens is 212 g/mol. The molecule has 1 aromatic heterocycles. The van der Waals surface area contributed by atoms with Crippen LogP contribution in [0.5, 0.6) is 0 Å². The molecule has 0 aliphatic heterocycles. The number of hydrogen-bond acceptors (Lipinski definition) is 2. The Hall–Kier alpha value is -1.90. The highest BCUT2D eigenvalue weighted by Crippen LogP contribution is 2.37. The van der Waals surface area contributed by atoms with E-state index in [-0.39, 0.29) is 5.56 Å². The van der Waals surface area contributed by atoms with Crippen LogP contribution in [0.15, 0.2) is 35.1 Å². The Kier molecular flexibility index (Phi) is 2.32. The second-order valence-corrected chi connectivity index (χ2v) is 4.66. The van der Waals surface area contributed by atoms with Crippen LogP contribution in [0.25, 0.3) is 11.3 Å². The summed E-state index contributed by atoms with van der Waals surface area (Å²) in [4.78, 5) is 19.0. The number of aromatic nitrogens is 2. The molecule has 1 aliphatic carbocycles. The Morgan fingerprint density at radius 2 is 1.94 bits per heavy atom. The minimum absolute atomic E-state index is 0.0579. The summed E-state index contributed by atoms with van der Waals surface area (Å²) in [6.45, 7) is 2.05. The van der Waals surface area contributed by atoms with Crippen LogP contribution >= 0.6 is 0 Å². The first-order valence-corrected chi connectivity index (χ1v) is 5.91. The van der Waals surface area contributed by atoms with Crippen molar-refractivity contribution in [2.75, 3.05) is 0 Å². The zero-order chi connectivity index (χ0) is 11.8. The Labute approximate surface area is 99.5 Å². The van der Waals surface area contributed by atoms with Crippen LogP contribution in [0, 0.1) is 6.92 Å². The van der Waals surface area contributed by atoms with E-state index in [0.29, 0.717) is 5.92 Å². The topological polar surface area (TPSA) is 45.8 Å². The SMILES string of the molecule is Cc1ccc(-c2cc(=O)[nH]c(C3CC3)n2)cc1. The van der Waals surface area contributed by atoms with E-state index < -0.39 is 0 Å². The van der Waals surface area contributed by atoms with Gasteiger partial charge in [-0.2, -0.15) is 0 Å². The molecular formula is C14H14N2O. The first-order chi connectivity index (χ1) is 8.22. The third-order valence-corrected chi connectivity index (χ3v) is 3.07. The van der Waals surface area contributed by atoms with Gasteiger partial charge < -0.3 is 4.98 Å². The largest absolute Gasteiger partial charge is 0.310 e. The quantitative estimate of drug-likeness (QED) is 0.855. The van der Waals surface area contributed by atoms with Gasteiger partial charge in [-0.3, -0.25) is 4.79 Å². The number of rotatable bonds is 2. The predicted octanol–water partition coefficient (Wildman–Crippen LogP) is 2.62. The van der Waals surface area contributed by atoms with Gasteiger partial charge >= 0.3 is 0 Å². The molecule has 17 heavy (non-hydrogen) atoms. The molecule has 0 spiro atoms. The molecule has 86 valence electrons. The average molecular weight is 226 g/mol. The fourth-order valence-corrected chi connectivity index (χ4v) is 1.90. The Morgan fingerprint density at radius 3 is 2.59 bits per heavy atom. The maximum atomic E-state index is 11.6. The Bertz CT molecular complexity index is 594. The molecule has 0 unspecified atom stereocenters. The monoisotopic (exact) mass is 226 g/mol. The van der Waals surface area contributed by atoms with Crippen molar-refractivity contribution in [2.45, 2.75) is 25.7 Å². The van der Waals surface area contributed by atoms with Gasteiger partial charge in [0.05, 0.1) is 5.69 Å². The van der Waals surface area contributed by atoms with Crippen molar-refractivity contribution >= 4 is 0 Å². The first kappa shape index (κ1) is 10.3. The Balaban J connectivity index is 2.07. The molecule has 1 heterocycles. The highest BCUT2D eigenvalue weighted by molar-refractivity contribution is 5.59. The summed E-state index contributed by atoms with van der Waals surface area (Å²) >= 11 is 0. The van der Waals surface area contributed by atoms with E-state index >= 15 is 0 Å². The summed E-state index contributed by atoms with van der Waals surface area (Å²) < 4.78 is 0. The lowest BCUT2D eigenvalue weighted by Crippen LogP contribution is -2.10. The molecule has 0 saturated heterocycles. The minimum Gasteiger partial charge on any atom is -0.310 e. The fourth-order valence-electron chi connectivity index (χ4n) is 1.90. The number of nitrogens with one attached hydrogen (secondary N) is 1. The summed E-state index contributed by atoms with van der Waals surface area (Å²) in [7, 11) is 0. The van der Waals surface area contributed by atoms with Crippen molar-refractivity contribution in [3.8, 4) is 11.3 Å². The van der Waals surface area contributed by atoms with Crippen LogP contribution in [0.4, 0.5) is 0 Å². The molecule has 1 fully saturated rings. The molecule has 0 bridgehead atoms. The van der Waals surface area contributed by atoms with Crippen LogP contribution in [0.1, 0.15) is 30.1 Å². The third-order valence-electron chi connectivity index (χ3n) is 3.07. The van der Waals surface area contributed by atoms with Crippen LogP contribution in [-0.2, 0) is 0 Å². The zero-order valence-electron chi connectivity index (χ0n) is 9.73. The summed E-state index contributed by atoms with van der Waals surface area (Å²) in [6.07, 6.45) is 2.28. The molecule has 2 aromatic rings. The number of H-pyrrole nitrogens is 1. The minimum atomic E-state index is -0.0579. The normalized spacial score (nSPS) is 14.9. The summed E-state index contributed by atoms with van der Waals surface area (Å²) in [5, 5.41) is 0. The first-order valence-electron chi connectivity index (χ1n) is 5.91. The van der Waals surface area contributed by atoms with Crippen molar-refractivity contribution < 1.29 is 0 Å². The lowest BCUT2D eigenvalue weighted by molar-refractivity contribution is 0.912. The van der Waals surface area contributed by atoms with Gasteiger partial charge in [-0.25, -0.2) is 4.98 Å². The molecule has 3 heteroatoms. The zero-order valence-corrected chi connectivity index (χ0v) is 9.73. The van der Waals surface area contributed by atoms with Crippen LogP contribution < -0.4 is 5.56 Å². The highest BCUT2D eigenvalue weighted by Gasteiger charge is 2.26. The van der Waals surface area contributed by atoms with Gasteiger partial charge in [-0.15, -0.1) is 0 Å². The molecule has 3 nitrogen and oxygen atoms in total. The maximum absolute atomic E-state index is 11.6. The Morgan fingerprint density at radius 1 is 1.24 bits per heavy atom. The second-order valence-electron chi connectivity index (χ2n) is 4.66. The van der Waals surface area contributed by atoms with Crippen molar-refractivity contribution in [1.29, 1.82) is 0 Å². The number of nitrogens with zero attached hydrogens (tertiary/aromatic N) is 1. The van der Waals surface area contributed by atoms with Crippen LogP contribution in [0.2, 0.25) is 0 Å². The van der Waals surface area contributed by atoms with E-state index in [1.807, 2.05) is 31.2 Å². The molecule has 1 aromatic carbocycles. The average Bonchev–Trinajstić information content (AvgIpc) is 3.13. The van der Waals surface area contributed by atoms with Gasteiger partial charge in [0, 0.05) is 17.5 Å². The van der Waals surface area contributed by atoms with Gasteiger partial charge in [-0.05, 0) is 19.8 Å². The van der Waals surface area contributed by atoms with E-state index in [1.165, 1.54) is 5.56 Å². The predicted molar refractivity (Wildman–Crippen MR) is 67.0 cm³/mol. The van der Waals surface area contributed by atoms with Crippen molar-refractivity contribution in [1.82, 2.24) is 9.97 Å². The molecule has 1 N–H and O–H groups in total. The van der Waals surface area contributed by atoms with Crippen molar-refractivity contribution in [3.63, 3.8) is 0 Å². The smallest absolute Gasteiger partial charge is 0.251 e. The highest BCUT2D eigenvalue weighted by atomic mass is 16.1. The van der Waals surface area contributed by atoms with Gasteiger partial charge in [0.15, 0.2) is 0 Å². The van der Waals surface area contributed by atoms with Crippen molar-refractivity contribution in [3.05, 3.63) is 52.1 Å². The van der Waals surface area contributed by atoms with Gasteiger partial charge in [0.2, 0.25) is 0 Å². The molecule has 3 rings (SSSR count).